The Kier molecular flexibility index (Phi) is 6.04. The highest BCUT2D eigenvalue weighted by atomic mass is 32.2. The summed E-state index contributed by atoms with van der Waals surface area (Å²) >= 11 is 1.74. The van der Waals surface area contributed by atoms with Crippen molar-refractivity contribution in [3.63, 3.8) is 0 Å². The summed E-state index contributed by atoms with van der Waals surface area (Å²) in [6.07, 6.45) is -0.694. The lowest BCUT2D eigenvalue weighted by atomic mass is 10.0. The molecule has 0 spiro atoms. The molecule has 0 fully saturated rings. The Morgan fingerprint density at radius 1 is 1.18 bits per heavy atom. The second-order valence-electron chi connectivity index (χ2n) is 5.04. The fourth-order valence-electron chi connectivity index (χ4n) is 2.23. The molecule has 0 aliphatic carbocycles. The Bertz CT molecular complexity index is 625. The quantitative estimate of drug-likeness (QED) is 0.801. The number of thioether (sulfide) groups is 1. The molecule has 0 saturated carbocycles. The van der Waals surface area contributed by atoms with Crippen molar-refractivity contribution in [3.8, 4) is 0 Å². The predicted octanol–water partition coefficient (Wildman–Crippen LogP) is 3.57. The van der Waals surface area contributed by atoms with Gasteiger partial charge in [0.05, 0.1) is 6.10 Å². The van der Waals surface area contributed by atoms with Crippen LogP contribution in [-0.2, 0) is 0 Å². The molecule has 1 atom stereocenters. The van der Waals surface area contributed by atoms with Gasteiger partial charge in [-0.25, -0.2) is 0 Å². The van der Waals surface area contributed by atoms with Crippen molar-refractivity contribution in [2.24, 2.45) is 0 Å². The van der Waals surface area contributed by atoms with E-state index in [1.807, 2.05) is 55.5 Å². The molecular weight excluding hydrogens is 294 g/mol. The molecule has 0 radical (unpaired) electrons. The number of benzene rings is 2. The third-order valence-corrected chi connectivity index (χ3v) is 4.33. The van der Waals surface area contributed by atoms with Gasteiger partial charge in [-0.05, 0) is 48.1 Å². The Hall–Kier alpha value is -1.78. The zero-order chi connectivity index (χ0) is 15.9. The molecule has 2 aromatic rings. The van der Waals surface area contributed by atoms with Gasteiger partial charge < -0.3 is 10.4 Å². The van der Waals surface area contributed by atoms with E-state index >= 15 is 0 Å². The Morgan fingerprint density at radius 3 is 2.50 bits per heavy atom. The topological polar surface area (TPSA) is 49.3 Å². The first kappa shape index (κ1) is 16.6. The molecule has 116 valence electrons. The first-order valence-electron chi connectivity index (χ1n) is 7.36. The van der Waals surface area contributed by atoms with Crippen LogP contribution in [0.2, 0.25) is 0 Å². The fraction of sp³-hybridized carbons (Fsp3) is 0.278. The van der Waals surface area contributed by atoms with Crippen molar-refractivity contribution in [2.45, 2.75) is 24.8 Å². The van der Waals surface area contributed by atoms with E-state index in [0.29, 0.717) is 5.56 Å². The summed E-state index contributed by atoms with van der Waals surface area (Å²) in [5, 5.41) is 13.0. The highest BCUT2D eigenvalue weighted by Gasteiger charge is 2.12. The molecule has 4 heteroatoms. The lowest BCUT2D eigenvalue weighted by Gasteiger charge is -2.14. The molecule has 1 unspecified atom stereocenters. The average molecular weight is 315 g/mol. The van der Waals surface area contributed by atoms with Gasteiger partial charge in [-0.15, -0.1) is 11.8 Å². The number of carbonyl (C=O) groups excluding carboxylic acids is 1. The average Bonchev–Trinajstić information content (AvgIpc) is 2.54. The SMILES string of the molecule is CCSc1ccc(C(=O)NCC(O)c2ccccc2C)cc1. The van der Waals surface area contributed by atoms with E-state index in [-0.39, 0.29) is 12.5 Å². The van der Waals surface area contributed by atoms with Crippen molar-refractivity contribution >= 4 is 17.7 Å². The first-order valence-corrected chi connectivity index (χ1v) is 8.35. The zero-order valence-electron chi connectivity index (χ0n) is 12.9. The van der Waals surface area contributed by atoms with E-state index in [1.165, 1.54) is 0 Å². The van der Waals surface area contributed by atoms with Crippen molar-refractivity contribution in [1.29, 1.82) is 0 Å². The minimum absolute atomic E-state index is 0.166. The third-order valence-electron chi connectivity index (χ3n) is 3.43. The standard InChI is InChI=1S/C18H21NO2S/c1-3-22-15-10-8-14(9-11-15)18(21)19-12-17(20)16-7-5-4-6-13(16)2/h4-11,17,20H,3,12H2,1-2H3,(H,19,21). The van der Waals surface area contributed by atoms with Crippen LogP contribution in [0.25, 0.3) is 0 Å². The number of carbonyl (C=O) groups is 1. The molecule has 0 aliphatic rings. The number of nitrogens with one attached hydrogen (secondary N) is 1. The summed E-state index contributed by atoms with van der Waals surface area (Å²) in [5.74, 6) is 0.842. The van der Waals surface area contributed by atoms with Gasteiger partial charge in [0.1, 0.15) is 0 Å². The molecule has 0 aliphatic heterocycles. The summed E-state index contributed by atoms with van der Waals surface area (Å²) in [6, 6.07) is 15.2. The number of aryl methyl sites for hydroxylation is 1. The molecule has 0 aromatic heterocycles. The number of aliphatic hydroxyl groups is 1. The van der Waals surface area contributed by atoms with Gasteiger partial charge in [-0.3, -0.25) is 4.79 Å². The molecule has 0 heterocycles. The van der Waals surface area contributed by atoms with Gasteiger partial charge in [-0.1, -0.05) is 31.2 Å². The van der Waals surface area contributed by atoms with Crippen LogP contribution in [0.4, 0.5) is 0 Å². The summed E-state index contributed by atoms with van der Waals surface area (Å²) in [6.45, 7) is 4.25. The van der Waals surface area contributed by atoms with Crippen LogP contribution < -0.4 is 5.32 Å². The van der Waals surface area contributed by atoms with E-state index in [2.05, 4.69) is 12.2 Å². The fourth-order valence-corrected chi connectivity index (χ4v) is 2.89. The molecule has 2 aromatic carbocycles. The minimum Gasteiger partial charge on any atom is -0.387 e. The van der Waals surface area contributed by atoms with Gasteiger partial charge in [0.15, 0.2) is 0 Å². The van der Waals surface area contributed by atoms with Crippen LogP contribution in [0, 0.1) is 6.92 Å². The maximum absolute atomic E-state index is 12.1. The van der Waals surface area contributed by atoms with Gasteiger partial charge in [0, 0.05) is 17.0 Å². The molecule has 1 amide bonds. The maximum Gasteiger partial charge on any atom is 0.251 e. The summed E-state index contributed by atoms with van der Waals surface area (Å²) < 4.78 is 0. The number of hydrogen-bond acceptors (Lipinski definition) is 3. The summed E-state index contributed by atoms with van der Waals surface area (Å²) in [5.41, 5.74) is 2.47. The smallest absolute Gasteiger partial charge is 0.251 e. The molecular formula is C18H21NO2S. The van der Waals surface area contributed by atoms with Crippen LogP contribution in [0.5, 0.6) is 0 Å². The predicted molar refractivity (Wildman–Crippen MR) is 91.3 cm³/mol. The number of aliphatic hydroxyl groups excluding tert-OH is 1. The maximum atomic E-state index is 12.1. The first-order chi connectivity index (χ1) is 10.6. The second-order valence-corrected chi connectivity index (χ2v) is 6.38. The van der Waals surface area contributed by atoms with Crippen molar-refractivity contribution in [3.05, 3.63) is 65.2 Å². The molecule has 2 rings (SSSR count). The van der Waals surface area contributed by atoms with Crippen LogP contribution in [0.15, 0.2) is 53.4 Å². The van der Waals surface area contributed by atoms with E-state index in [9.17, 15) is 9.90 Å². The number of hydrogen-bond donors (Lipinski definition) is 2. The minimum atomic E-state index is -0.694. The van der Waals surface area contributed by atoms with Gasteiger partial charge in [-0.2, -0.15) is 0 Å². The van der Waals surface area contributed by atoms with Crippen LogP contribution >= 0.6 is 11.8 Å². The van der Waals surface area contributed by atoms with Gasteiger partial charge >= 0.3 is 0 Å². The monoisotopic (exact) mass is 315 g/mol. The molecule has 3 nitrogen and oxygen atoms in total. The molecule has 0 saturated heterocycles. The van der Waals surface area contributed by atoms with Crippen LogP contribution in [0.1, 0.15) is 34.5 Å². The van der Waals surface area contributed by atoms with Gasteiger partial charge in [0.2, 0.25) is 0 Å². The Balaban J connectivity index is 1.93. The van der Waals surface area contributed by atoms with E-state index in [1.54, 1.807) is 11.8 Å². The molecule has 2 N–H and O–H groups in total. The number of amides is 1. The Morgan fingerprint density at radius 2 is 1.86 bits per heavy atom. The normalized spacial score (nSPS) is 12.0. The largest absolute Gasteiger partial charge is 0.387 e. The number of rotatable bonds is 6. The van der Waals surface area contributed by atoms with Crippen LogP contribution in [0.3, 0.4) is 0 Å². The second kappa shape index (κ2) is 8.01. The molecule has 22 heavy (non-hydrogen) atoms. The third kappa shape index (κ3) is 4.36. The lowest BCUT2D eigenvalue weighted by Crippen LogP contribution is -2.28. The van der Waals surface area contributed by atoms with E-state index in [4.69, 9.17) is 0 Å². The Labute approximate surface area is 135 Å². The summed E-state index contributed by atoms with van der Waals surface area (Å²) in [4.78, 5) is 13.3. The highest BCUT2D eigenvalue weighted by molar-refractivity contribution is 7.99. The van der Waals surface area contributed by atoms with Crippen molar-refractivity contribution < 1.29 is 9.90 Å². The van der Waals surface area contributed by atoms with Crippen LogP contribution in [-0.4, -0.2) is 23.3 Å². The van der Waals surface area contributed by atoms with E-state index < -0.39 is 6.10 Å². The lowest BCUT2D eigenvalue weighted by molar-refractivity contribution is 0.0916. The van der Waals surface area contributed by atoms with Crippen molar-refractivity contribution in [2.75, 3.05) is 12.3 Å². The van der Waals surface area contributed by atoms with Crippen molar-refractivity contribution in [1.82, 2.24) is 5.32 Å². The molecule has 0 bridgehead atoms. The summed E-state index contributed by atoms with van der Waals surface area (Å²) in [7, 11) is 0. The zero-order valence-corrected chi connectivity index (χ0v) is 13.7. The van der Waals surface area contributed by atoms with E-state index in [0.717, 1.165) is 21.8 Å². The highest BCUT2D eigenvalue weighted by Crippen LogP contribution is 2.18. The van der Waals surface area contributed by atoms with Gasteiger partial charge in [0.25, 0.3) is 5.91 Å².